The molecule has 17 heavy (non-hydrogen) atoms. The minimum Gasteiger partial charge on any atom is -0.327 e. The van der Waals surface area contributed by atoms with Crippen molar-refractivity contribution in [3.63, 3.8) is 0 Å². The van der Waals surface area contributed by atoms with E-state index in [1.165, 1.54) is 12.1 Å². The summed E-state index contributed by atoms with van der Waals surface area (Å²) in [6.45, 7) is 1.60. The van der Waals surface area contributed by atoms with Crippen LogP contribution in [0.25, 0.3) is 0 Å². The molecule has 1 aliphatic rings. The number of benzene rings is 1. The van der Waals surface area contributed by atoms with E-state index >= 15 is 0 Å². The summed E-state index contributed by atoms with van der Waals surface area (Å²) in [5.74, 6) is 0.103. The molecule has 2 atom stereocenters. The molecule has 94 valence electrons. The van der Waals surface area contributed by atoms with Gasteiger partial charge >= 0.3 is 6.18 Å². The van der Waals surface area contributed by atoms with E-state index in [-0.39, 0.29) is 12.0 Å². The molecule has 1 heterocycles. The molecule has 0 saturated carbocycles. The maximum Gasteiger partial charge on any atom is 0.416 e. The molecule has 1 fully saturated rings. The van der Waals surface area contributed by atoms with Gasteiger partial charge in [-0.1, -0.05) is 12.1 Å². The van der Waals surface area contributed by atoms with Gasteiger partial charge in [0.25, 0.3) is 0 Å². The molecule has 2 unspecified atom stereocenters. The van der Waals surface area contributed by atoms with Crippen LogP contribution in [-0.2, 0) is 6.18 Å². The Morgan fingerprint density at radius 3 is 2.35 bits per heavy atom. The van der Waals surface area contributed by atoms with Gasteiger partial charge in [0.15, 0.2) is 0 Å². The maximum atomic E-state index is 12.4. The predicted octanol–water partition coefficient (Wildman–Crippen LogP) is 2.11. The van der Waals surface area contributed by atoms with Crippen LogP contribution in [0.15, 0.2) is 24.3 Å². The number of hydrogen-bond donors (Lipinski definition) is 2. The smallest absolute Gasteiger partial charge is 0.327 e. The summed E-state index contributed by atoms with van der Waals surface area (Å²) < 4.78 is 37.2. The van der Waals surface area contributed by atoms with Crippen molar-refractivity contribution in [2.24, 2.45) is 5.73 Å². The van der Waals surface area contributed by atoms with E-state index in [4.69, 9.17) is 5.73 Å². The molecule has 0 aliphatic carbocycles. The van der Waals surface area contributed by atoms with Crippen molar-refractivity contribution in [1.29, 1.82) is 0 Å². The fourth-order valence-corrected chi connectivity index (χ4v) is 2.16. The molecule has 1 saturated heterocycles. The van der Waals surface area contributed by atoms with E-state index in [1.54, 1.807) is 0 Å². The minimum atomic E-state index is -4.27. The second-order valence-corrected chi connectivity index (χ2v) is 4.38. The molecule has 2 nitrogen and oxygen atoms in total. The van der Waals surface area contributed by atoms with Crippen LogP contribution in [0.1, 0.15) is 23.5 Å². The van der Waals surface area contributed by atoms with Crippen molar-refractivity contribution in [2.75, 3.05) is 13.1 Å². The van der Waals surface area contributed by atoms with Gasteiger partial charge in [0, 0.05) is 18.5 Å². The van der Waals surface area contributed by atoms with Crippen LogP contribution in [0.5, 0.6) is 0 Å². The predicted molar refractivity (Wildman–Crippen MR) is 59.6 cm³/mol. The van der Waals surface area contributed by atoms with E-state index in [9.17, 15) is 13.2 Å². The normalized spacial score (nSPS) is 25.9. The lowest BCUT2D eigenvalue weighted by molar-refractivity contribution is -0.137. The standard InChI is InChI=1S/C12H15F3N2/c13-12(14,15)9-3-1-8(2-4-9)10-7-17-6-5-11(10)16/h1-4,10-11,17H,5-7,16H2. The van der Waals surface area contributed by atoms with Gasteiger partial charge in [0.1, 0.15) is 0 Å². The Balaban J connectivity index is 2.17. The lowest BCUT2D eigenvalue weighted by Gasteiger charge is -2.29. The zero-order valence-corrected chi connectivity index (χ0v) is 9.30. The molecule has 0 bridgehead atoms. The highest BCUT2D eigenvalue weighted by atomic mass is 19.4. The maximum absolute atomic E-state index is 12.4. The SMILES string of the molecule is NC1CCNCC1c1ccc(C(F)(F)F)cc1. The van der Waals surface area contributed by atoms with Gasteiger partial charge in [0.2, 0.25) is 0 Å². The van der Waals surface area contributed by atoms with Gasteiger partial charge in [-0.25, -0.2) is 0 Å². The van der Waals surface area contributed by atoms with Crippen molar-refractivity contribution in [2.45, 2.75) is 24.6 Å². The van der Waals surface area contributed by atoms with E-state index in [0.29, 0.717) is 0 Å². The minimum absolute atomic E-state index is 0.0213. The monoisotopic (exact) mass is 244 g/mol. The molecule has 2 rings (SSSR count). The van der Waals surface area contributed by atoms with E-state index in [1.807, 2.05) is 0 Å². The molecular formula is C12H15F3N2. The lowest BCUT2D eigenvalue weighted by Crippen LogP contribution is -2.43. The van der Waals surface area contributed by atoms with Gasteiger partial charge < -0.3 is 11.1 Å². The Bertz CT molecular complexity index is 372. The zero-order valence-electron chi connectivity index (χ0n) is 9.30. The second kappa shape index (κ2) is 4.66. The van der Waals surface area contributed by atoms with Crippen LogP contribution in [-0.4, -0.2) is 19.1 Å². The summed E-state index contributed by atoms with van der Waals surface area (Å²) in [5.41, 5.74) is 6.23. The number of nitrogens with one attached hydrogen (secondary N) is 1. The molecule has 1 aliphatic heterocycles. The Morgan fingerprint density at radius 1 is 1.18 bits per heavy atom. The first kappa shape index (κ1) is 12.4. The molecule has 1 aromatic rings. The summed E-state index contributed by atoms with van der Waals surface area (Å²) in [6.07, 6.45) is -3.42. The van der Waals surface area contributed by atoms with Crippen molar-refractivity contribution in [3.8, 4) is 0 Å². The highest BCUT2D eigenvalue weighted by Gasteiger charge is 2.31. The molecule has 1 aromatic carbocycles. The summed E-state index contributed by atoms with van der Waals surface area (Å²) in [5, 5.41) is 3.21. The number of hydrogen-bond acceptors (Lipinski definition) is 2. The zero-order chi connectivity index (χ0) is 12.5. The molecule has 0 spiro atoms. The topological polar surface area (TPSA) is 38.0 Å². The number of nitrogens with two attached hydrogens (primary N) is 1. The van der Waals surface area contributed by atoms with Crippen molar-refractivity contribution >= 4 is 0 Å². The average molecular weight is 244 g/mol. The summed E-state index contributed by atoms with van der Waals surface area (Å²) in [6, 6.07) is 5.32. The fourth-order valence-electron chi connectivity index (χ4n) is 2.16. The Kier molecular flexibility index (Phi) is 3.40. The quantitative estimate of drug-likeness (QED) is 0.794. The average Bonchev–Trinajstić information content (AvgIpc) is 2.29. The number of rotatable bonds is 1. The molecule has 0 radical (unpaired) electrons. The summed E-state index contributed by atoms with van der Waals surface area (Å²) in [7, 11) is 0. The molecule has 3 N–H and O–H groups in total. The Morgan fingerprint density at radius 2 is 1.82 bits per heavy atom. The van der Waals surface area contributed by atoms with Crippen LogP contribution in [0.3, 0.4) is 0 Å². The first-order chi connectivity index (χ1) is 7.98. The van der Waals surface area contributed by atoms with Crippen molar-refractivity contribution < 1.29 is 13.2 Å². The van der Waals surface area contributed by atoms with Gasteiger partial charge in [0.05, 0.1) is 5.56 Å². The lowest BCUT2D eigenvalue weighted by atomic mass is 9.87. The molecule has 0 amide bonds. The van der Waals surface area contributed by atoms with E-state index in [0.717, 1.165) is 37.2 Å². The molecular weight excluding hydrogens is 229 g/mol. The van der Waals surface area contributed by atoms with Gasteiger partial charge in [-0.15, -0.1) is 0 Å². The number of piperidine rings is 1. The van der Waals surface area contributed by atoms with Crippen LogP contribution in [0.4, 0.5) is 13.2 Å². The number of halogens is 3. The van der Waals surface area contributed by atoms with Gasteiger partial charge in [-0.3, -0.25) is 0 Å². The molecule has 0 aromatic heterocycles. The fraction of sp³-hybridized carbons (Fsp3) is 0.500. The number of alkyl halides is 3. The third kappa shape index (κ3) is 2.79. The first-order valence-corrected chi connectivity index (χ1v) is 5.62. The highest BCUT2D eigenvalue weighted by molar-refractivity contribution is 5.28. The van der Waals surface area contributed by atoms with E-state index < -0.39 is 11.7 Å². The van der Waals surface area contributed by atoms with Crippen LogP contribution < -0.4 is 11.1 Å². The third-order valence-corrected chi connectivity index (χ3v) is 3.20. The second-order valence-electron chi connectivity index (χ2n) is 4.38. The van der Waals surface area contributed by atoms with Gasteiger partial charge in [-0.2, -0.15) is 13.2 Å². The van der Waals surface area contributed by atoms with E-state index in [2.05, 4.69) is 5.32 Å². The Labute approximate surface area is 98.0 Å². The van der Waals surface area contributed by atoms with Crippen molar-refractivity contribution in [1.82, 2.24) is 5.32 Å². The van der Waals surface area contributed by atoms with Crippen LogP contribution >= 0.6 is 0 Å². The molecule has 5 heteroatoms. The Hall–Kier alpha value is -1.07. The highest BCUT2D eigenvalue weighted by Crippen LogP contribution is 2.31. The summed E-state index contributed by atoms with van der Waals surface area (Å²) in [4.78, 5) is 0. The van der Waals surface area contributed by atoms with Crippen LogP contribution in [0.2, 0.25) is 0 Å². The van der Waals surface area contributed by atoms with Crippen molar-refractivity contribution in [3.05, 3.63) is 35.4 Å². The van der Waals surface area contributed by atoms with Gasteiger partial charge in [-0.05, 0) is 30.7 Å². The van der Waals surface area contributed by atoms with Crippen LogP contribution in [0, 0.1) is 0 Å². The first-order valence-electron chi connectivity index (χ1n) is 5.62. The summed E-state index contributed by atoms with van der Waals surface area (Å²) >= 11 is 0. The third-order valence-electron chi connectivity index (χ3n) is 3.20. The largest absolute Gasteiger partial charge is 0.416 e.